The molecule has 148 valence electrons. The second-order valence-electron chi connectivity index (χ2n) is 6.70. The van der Waals surface area contributed by atoms with E-state index in [1.165, 1.54) is 24.8 Å². The van der Waals surface area contributed by atoms with Crippen molar-refractivity contribution in [3.63, 3.8) is 0 Å². The molecule has 0 spiro atoms. The van der Waals surface area contributed by atoms with E-state index in [9.17, 15) is 14.9 Å². The smallest absolute Gasteiger partial charge is 0.353 e. The average Bonchev–Trinajstić information content (AvgIpc) is 2.73. The van der Waals surface area contributed by atoms with E-state index in [1.807, 2.05) is 0 Å². The van der Waals surface area contributed by atoms with Crippen molar-refractivity contribution in [3.05, 3.63) is 46.3 Å². The fraction of sp³-hybridized carbons (Fsp3) is 0.421. The SMILES string of the molecule is COC(=O)c1ccccc1N(C)c1ncnc(NC2CCCCC2)c1[N+](=O)[O-]. The maximum absolute atomic E-state index is 12.1. The minimum Gasteiger partial charge on any atom is -0.465 e. The third-order valence-corrected chi connectivity index (χ3v) is 4.92. The number of methoxy groups -OCH3 is 1. The molecule has 0 radical (unpaired) electrons. The number of carbonyl (C=O) groups excluding carboxylic acids is 1. The van der Waals surface area contributed by atoms with Crippen LogP contribution >= 0.6 is 0 Å². The molecule has 9 heteroatoms. The maximum atomic E-state index is 12.1. The summed E-state index contributed by atoms with van der Waals surface area (Å²) in [4.78, 5) is 33.2. The Morgan fingerprint density at radius 1 is 1.25 bits per heavy atom. The highest BCUT2D eigenvalue weighted by Crippen LogP contribution is 2.37. The van der Waals surface area contributed by atoms with Gasteiger partial charge in [-0.05, 0) is 25.0 Å². The van der Waals surface area contributed by atoms with Crippen molar-refractivity contribution in [2.75, 3.05) is 24.4 Å². The van der Waals surface area contributed by atoms with E-state index in [2.05, 4.69) is 15.3 Å². The summed E-state index contributed by atoms with van der Waals surface area (Å²) in [6, 6.07) is 6.89. The third kappa shape index (κ3) is 4.03. The van der Waals surface area contributed by atoms with Crippen molar-refractivity contribution in [2.24, 2.45) is 0 Å². The van der Waals surface area contributed by atoms with E-state index in [4.69, 9.17) is 4.74 Å². The van der Waals surface area contributed by atoms with Crippen LogP contribution in [-0.4, -0.2) is 41.1 Å². The first-order valence-corrected chi connectivity index (χ1v) is 9.20. The van der Waals surface area contributed by atoms with Crippen LogP contribution in [0.2, 0.25) is 0 Å². The molecule has 0 saturated heterocycles. The molecule has 1 heterocycles. The lowest BCUT2D eigenvalue weighted by atomic mass is 9.95. The lowest BCUT2D eigenvalue weighted by Gasteiger charge is -2.24. The zero-order valence-corrected chi connectivity index (χ0v) is 15.9. The van der Waals surface area contributed by atoms with Crippen LogP contribution in [0.25, 0.3) is 0 Å². The number of carbonyl (C=O) groups is 1. The highest BCUT2D eigenvalue weighted by Gasteiger charge is 2.29. The largest absolute Gasteiger partial charge is 0.465 e. The van der Waals surface area contributed by atoms with Crippen LogP contribution in [0.15, 0.2) is 30.6 Å². The van der Waals surface area contributed by atoms with Gasteiger partial charge in [0.25, 0.3) is 0 Å². The Balaban J connectivity index is 2.01. The molecule has 0 bridgehead atoms. The van der Waals surface area contributed by atoms with Crippen LogP contribution in [0.1, 0.15) is 42.5 Å². The molecule has 1 aromatic heterocycles. The van der Waals surface area contributed by atoms with Crippen molar-refractivity contribution in [3.8, 4) is 0 Å². The Kier molecular flexibility index (Phi) is 6.03. The quantitative estimate of drug-likeness (QED) is 0.455. The van der Waals surface area contributed by atoms with Gasteiger partial charge in [-0.3, -0.25) is 10.1 Å². The van der Waals surface area contributed by atoms with E-state index in [0.29, 0.717) is 11.3 Å². The molecule has 2 aromatic rings. The van der Waals surface area contributed by atoms with Crippen molar-refractivity contribution < 1.29 is 14.5 Å². The number of hydrogen-bond donors (Lipinski definition) is 1. The van der Waals surface area contributed by atoms with Crippen LogP contribution in [0, 0.1) is 10.1 Å². The van der Waals surface area contributed by atoms with Crippen LogP contribution in [0.5, 0.6) is 0 Å². The molecule has 3 rings (SSSR count). The predicted octanol–water partition coefficient (Wildman–Crippen LogP) is 3.68. The van der Waals surface area contributed by atoms with Gasteiger partial charge in [-0.15, -0.1) is 0 Å². The summed E-state index contributed by atoms with van der Waals surface area (Å²) in [5.74, 6) is -0.223. The number of ether oxygens (including phenoxy) is 1. The van der Waals surface area contributed by atoms with Gasteiger partial charge < -0.3 is 15.0 Å². The number of nitrogens with zero attached hydrogens (tertiary/aromatic N) is 4. The minimum atomic E-state index is -0.528. The number of rotatable bonds is 6. The zero-order valence-electron chi connectivity index (χ0n) is 15.9. The molecule has 1 fully saturated rings. The molecule has 0 amide bonds. The number of nitrogens with one attached hydrogen (secondary N) is 1. The molecule has 1 aromatic carbocycles. The molecule has 0 unspecified atom stereocenters. The summed E-state index contributed by atoms with van der Waals surface area (Å²) in [5.41, 5.74) is 0.539. The van der Waals surface area contributed by atoms with Gasteiger partial charge in [0.1, 0.15) is 6.33 Å². The highest BCUT2D eigenvalue weighted by atomic mass is 16.6. The van der Waals surface area contributed by atoms with E-state index in [1.54, 1.807) is 31.3 Å². The topological polar surface area (TPSA) is 110 Å². The molecule has 1 aliphatic rings. The van der Waals surface area contributed by atoms with Gasteiger partial charge in [-0.2, -0.15) is 0 Å². The standard InChI is InChI=1S/C19H23N5O4/c1-23(15-11-7-6-10-14(15)19(25)28-2)18-16(24(26)27)17(20-12-21-18)22-13-8-4-3-5-9-13/h6-7,10-13H,3-5,8-9H2,1-2H3,(H,20,21,22). The van der Waals surface area contributed by atoms with Crippen LogP contribution in [0.3, 0.4) is 0 Å². The number of hydrogen-bond acceptors (Lipinski definition) is 8. The summed E-state index contributed by atoms with van der Waals surface area (Å²) in [5, 5.41) is 15.1. The number of esters is 1. The van der Waals surface area contributed by atoms with E-state index >= 15 is 0 Å². The monoisotopic (exact) mass is 385 g/mol. The van der Waals surface area contributed by atoms with Crippen LogP contribution in [-0.2, 0) is 4.74 Å². The lowest BCUT2D eigenvalue weighted by molar-refractivity contribution is -0.383. The number of aromatic nitrogens is 2. The van der Waals surface area contributed by atoms with Crippen molar-refractivity contribution >= 4 is 29.0 Å². The van der Waals surface area contributed by atoms with Crippen LogP contribution < -0.4 is 10.2 Å². The van der Waals surface area contributed by atoms with Gasteiger partial charge in [0.15, 0.2) is 0 Å². The first-order valence-electron chi connectivity index (χ1n) is 9.20. The molecular formula is C19H23N5O4. The first-order chi connectivity index (χ1) is 13.5. The molecule has 0 atom stereocenters. The second-order valence-corrected chi connectivity index (χ2v) is 6.70. The van der Waals surface area contributed by atoms with Gasteiger partial charge >= 0.3 is 11.7 Å². The Labute approximate surface area is 162 Å². The van der Waals surface area contributed by atoms with Gasteiger partial charge in [0.2, 0.25) is 11.6 Å². The van der Waals surface area contributed by atoms with Crippen molar-refractivity contribution in [2.45, 2.75) is 38.1 Å². The zero-order chi connectivity index (χ0) is 20.1. The van der Waals surface area contributed by atoms with Crippen molar-refractivity contribution in [1.29, 1.82) is 0 Å². The fourth-order valence-electron chi connectivity index (χ4n) is 3.49. The highest BCUT2D eigenvalue weighted by molar-refractivity contribution is 5.97. The van der Waals surface area contributed by atoms with E-state index in [-0.39, 0.29) is 23.4 Å². The van der Waals surface area contributed by atoms with Gasteiger partial charge in [-0.25, -0.2) is 14.8 Å². The van der Waals surface area contributed by atoms with E-state index in [0.717, 1.165) is 25.7 Å². The molecule has 1 saturated carbocycles. The molecule has 0 aliphatic heterocycles. The molecule has 1 aliphatic carbocycles. The Morgan fingerprint density at radius 3 is 2.64 bits per heavy atom. The molecular weight excluding hydrogens is 362 g/mol. The molecule has 1 N–H and O–H groups in total. The maximum Gasteiger partial charge on any atom is 0.353 e. The Hall–Kier alpha value is -3.23. The summed E-state index contributed by atoms with van der Waals surface area (Å²) >= 11 is 0. The normalized spacial score (nSPS) is 14.4. The lowest BCUT2D eigenvalue weighted by Crippen LogP contribution is -2.24. The number of benzene rings is 1. The van der Waals surface area contributed by atoms with Gasteiger partial charge in [-0.1, -0.05) is 31.4 Å². The number of para-hydroxylation sites is 1. The second kappa shape index (κ2) is 8.64. The number of nitro groups is 1. The average molecular weight is 385 g/mol. The molecule has 28 heavy (non-hydrogen) atoms. The summed E-state index contributed by atoms with van der Waals surface area (Å²) in [6.45, 7) is 0. The molecule has 9 nitrogen and oxygen atoms in total. The van der Waals surface area contributed by atoms with E-state index < -0.39 is 10.9 Å². The first kappa shape index (κ1) is 19.5. The summed E-state index contributed by atoms with van der Waals surface area (Å²) in [6.07, 6.45) is 6.58. The predicted molar refractivity (Wildman–Crippen MR) is 105 cm³/mol. The Morgan fingerprint density at radius 2 is 1.96 bits per heavy atom. The van der Waals surface area contributed by atoms with Gasteiger partial charge in [0, 0.05) is 13.1 Å². The minimum absolute atomic E-state index is 0.106. The van der Waals surface area contributed by atoms with Gasteiger partial charge in [0.05, 0.1) is 23.3 Å². The van der Waals surface area contributed by atoms with Crippen molar-refractivity contribution in [1.82, 2.24) is 9.97 Å². The number of anilines is 3. The summed E-state index contributed by atoms with van der Waals surface area (Å²) < 4.78 is 4.82. The third-order valence-electron chi connectivity index (χ3n) is 4.92. The Bertz CT molecular complexity index is 867. The fourth-order valence-corrected chi connectivity index (χ4v) is 3.49. The van der Waals surface area contributed by atoms with Crippen LogP contribution in [0.4, 0.5) is 23.0 Å². The summed E-state index contributed by atoms with van der Waals surface area (Å²) in [7, 11) is 2.92.